The highest BCUT2D eigenvalue weighted by Gasteiger charge is 2.35. The first-order valence-electron chi connectivity index (χ1n) is 8.15. The Labute approximate surface area is 173 Å². The Kier molecular flexibility index (Phi) is 5.94. The van der Waals surface area contributed by atoms with Crippen molar-refractivity contribution in [2.24, 2.45) is 0 Å². The molecule has 2 aromatic carbocycles. The van der Waals surface area contributed by atoms with Gasteiger partial charge in [0.05, 0.1) is 16.2 Å². The lowest BCUT2D eigenvalue weighted by atomic mass is 10.1. The summed E-state index contributed by atoms with van der Waals surface area (Å²) in [5.41, 5.74) is -0.817. The first-order chi connectivity index (χ1) is 13.6. The minimum absolute atomic E-state index is 0.0249. The van der Waals surface area contributed by atoms with Crippen LogP contribution in [0.25, 0.3) is 6.08 Å². The Morgan fingerprint density at radius 3 is 2.62 bits per heavy atom. The van der Waals surface area contributed by atoms with E-state index in [0.29, 0.717) is 5.56 Å². The van der Waals surface area contributed by atoms with Crippen LogP contribution in [0.1, 0.15) is 11.1 Å². The topological polar surface area (TPSA) is 69.6 Å². The van der Waals surface area contributed by atoms with E-state index in [1.165, 1.54) is 30.3 Å². The Bertz CT molecular complexity index is 1020. The van der Waals surface area contributed by atoms with E-state index in [9.17, 15) is 27.9 Å². The Morgan fingerprint density at radius 2 is 1.93 bits per heavy atom. The van der Waals surface area contributed by atoms with Crippen molar-refractivity contribution in [1.82, 2.24) is 4.90 Å². The van der Waals surface area contributed by atoms with Gasteiger partial charge < -0.3 is 10.4 Å². The number of rotatable bonds is 4. The molecule has 0 radical (unpaired) electrons. The van der Waals surface area contributed by atoms with E-state index in [4.69, 9.17) is 12.2 Å². The average Bonchev–Trinajstić information content (AvgIpc) is 2.89. The standard InChI is InChI=1S/C19H13F3N2O3S2/c20-19(21,22)13-6-1-2-7-14(13)23-16(26)10-24-17(27)15(29-18(24)28)9-11-4-3-5-12(25)8-11/h1-9,25H,10H2,(H,23,26)/b15-9-. The van der Waals surface area contributed by atoms with Gasteiger partial charge in [-0.3, -0.25) is 14.5 Å². The van der Waals surface area contributed by atoms with Crippen LogP contribution in [0.15, 0.2) is 53.4 Å². The maximum Gasteiger partial charge on any atom is 0.418 e. The first kappa shape index (κ1) is 20.9. The number of phenols is 1. The lowest BCUT2D eigenvalue weighted by molar-refractivity contribution is -0.137. The van der Waals surface area contributed by atoms with E-state index >= 15 is 0 Å². The number of halogens is 3. The number of para-hydroxylation sites is 1. The predicted molar refractivity (Wildman–Crippen MR) is 108 cm³/mol. The van der Waals surface area contributed by atoms with Crippen LogP contribution in [-0.4, -0.2) is 32.7 Å². The zero-order chi connectivity index (χ0) is 21.2. The molecule has 0 spiro atoms. The van der Waals surface area contributed by atoms with Crippen LogP contribution < -0.4 is 5.32 Å². The monoisotopic (exact) mass is 438 g/mol. The Balaban J connectivity index is 1.73. The normalized spacial score (nSPS) is 15.8. The van der Waals surface area contributed by atoms with Gasteiger partial charge in [0.15, 0.2) is 0 Å². The van der Waals surface area contributed by atoms with Gasteiger partial charge in [0, 0.05) is 0 Å². The molecule has 3 rings (SSSR count). The number of anilines is 1. The number of thiocarbonyl (C=S) groups is 1. The second-order valence-corrected chi connectivity index (χ2v) is 7.63. The average molecular weight is 438 g/mol. The molecule has 10 heteroatoms. The van der Waals surface area contributed by atoms with E-state index in [1.807, 2.05) is 0 Å². The lowest BCUT2D eigenvalue weighted by Crippen LogP contribution is -2.36. The van der Waals surface area contributed by atoms with E-state index < -0.39 is 35.8 Å². The lowest BCUT2D eigenvalue weighted by Gasteiger charge is -2.16. The SMILES string of the molecule is O=C(CN1C(=O)/C(=C/c2cccc(O)c2)SC1=S)Nc1ccccc1C(F)(F)F. The van der Waals surface area contributed by atoms with Gasteiger partial charge in [0.25, 0.3) is 5.91 Å². The number of alkyl halides is 3. The summed E-state index contributed by atoms with van der Waals surface area (Å²) < 4.78 is 39.3. The highest BCUT2D eigenvalue weighted by molar-refractivity contribution is 8.26. The maximum atomic E-state index is 13.0. The van der Waals surface area contributed by atoms with Crippen molar-refractivity contribution in [2.45, 2.75) is 6.18 Å². The third kappa shape index (κ3) is 4.96. The minimum Gasteiger partial charge on any atom is -0.508 e. The Hall–Kier alpha value is -2.85. The van der Waals surface area contributed by atoms with Crippen molar-refractivity contribution in [2.75, 3.05) is 11.9 Å². The fourth-order valence-corrected chi connectivity index (χ4v) is 3.83. The number of thioether (sulfide) groups is 1. The number of benzene rings is 2. The molecule has 1 fully saturated rings. The third-order valence-electron chi connectivity index (χ3n) is 3.85. The molecule has 1 saturated heterocycles. The van der Waals surface area contributed by atoms with Crippen LogP contribution in [0, 0.1) is 0 Å². The summed E-state index contributed by atoms with van der Waals surface area (Å²) in [6.45, 7) is -0.520. The van der Waals surface area contributed by atoms with Crippen molar-refractivity contribution >= 4 is 51.9 Å². The molecule has 1 heterocycles. The highest BCUT2D eigenvalue weighted by Crippen LogP contribution is 2.35. The Morgan fingerprint density at radius 1 is 1.21 bits per heavy atom. The largest absolute Gasteiger partial charge is 0.508 e. The molecule has 2 N–H and O–H groups in total. The second-order valence-electron chi connectivity index (χ2n) is 5.95. The van der Waals surface area contributed by atoms with Crippen molar-refractivity contribution in [3.63, 3.8) is 0 Å². The summed E-state index contributed by atoms with van der Waals surface area (Å²) >= 11 is 6.09. The zero-order valence-corrected chi connectivity index (χ0v) is 16.2. The first-order valence-corrected chi connectivity index (χ1v) is 9.38. The molecule has 0 bridgehead atoms. The summed E-state index contributed by atoms with van der Waals surface area (Å²) in [6.07, 6.45) is -3.12. The molecule has 5 nitrogen and oxygen atoms in total. The van der Waals surface area contributed by atoms with Gasteiger partial charge in [0.1, 0.15) is 16.6 Å². The van der Waals surface area contributed by atoms with Crippen LogP contribution in [0.2, 0.25) is 0 Å². The molecule has 0 saturated carbocycles. The zero-order valence-electron chi connectivity index (χ0n) is 14.6. The van der Waals surface area contributed by atoms with Gasteiger partial charge in [-0.1, -0.05) is 48.2 Å². The van der Waals surface area contributed by atoms with E-state index in [2.05, 4.69) is 5.32 Å². The van der Waals surface area contributed by atoms with Crippen LogP contribution in [-0.2, 0) is 15.8 Å². The molecule has 0 unspecified atom stereocenters. The van der Waals surface area contributed by atoms with E-state index in [1.54, 1.807) is 12.1 Å². The molecule has 1 aliphatic rings. The number of hydrogen-bond donors (Lipinski definition) is 2. The number of aromatic hydroxyl groups is 1. The van der Waals surface area contributed by atoms with Crippen molar-refractivity contribution in [1.29, 1.82) is 0 Å². The number of phenolic OH excluding ortho intramolecular Hbond substituents is 1. The van der Waals surface area contributed by atoms with Crippen molar-refractivity contribution in [3.8, 4) is 5.75 Å². The van der Waals surface area contributed by atoms with E-state index in [0.717, 1.165) is 28.8 Å². The summed E-state index contributed by atoms with van der Waals surface area (Å²) in [4.78, 5) is 26.1. The number of nitrogens with one attached hydrogen (secondary N) is 1. The second kappa shape index (κ2) is 8.26. The molecule has 2 aromatic rings. The third-order valence-corrected chi connectivity index (χ3v) is 5.23. The van der Waals surface area contributed by atoms with Crippen LogP contribution in [0.3, 0.4) is 0 Å². The smallest absolute Gasteiger partial charge is 0.418 e. The maximum absolute atomic E-state index is 13.0. The van der Waals surface area contributed by atoms with Crippen LogP contribution >= 0.6 is 24.0 Å². The molecule has 2 amide bonds. The van der Waals surface area contributed by atoms with Gasteiger partial charge in [-0.05, 0) is 35.9 Å². The number of nitrogens with zero attached hydrogens (tertiary/aromatic N) is 1. The highest BCUT2D eigenvalue weighted by atomic mass is 32.2. The fourth-order valence-electron chi connectivity index (χ4n) is 2.57. The minimum atomic E-state index is -4.63. The molecule has 29 heavy (non-hydrogen) atoms. The quantitative estimate of drug-likeness (QED) is 0.552. The molecule has 0 atom stereocenters. The summed E-state index contributed by atoms with van der Waals surface area (Å²) in [7, 11) is 0. The van der Waals surface area contributed by atoms with Gasteiger partial charge in [-0.25, -0.2) is 0 Å². The summed E-state index contributed by atoms with van der Waals surface area (Å²) in [5.74, 6) is -1.32. The predicted octanol–water partition coefficient (Wildman–Crippen LogP) is 4.25. The van der Waals surface area contributed by atoms with Crippen LogP contribution in [0.4, 0.5) is 18.9 Å². The van der Waals surface area contributed by atoms with Gasteiger partial charge in [0.2, 0.25) is 5.91 Å². The molecule has 0 aromatic heterocycles. The van der Waals surface area contributed by atoms with Crippen molar-refractivity contribution in [3.05, 3.63) is 64.6 Å². The number of hydrogen-bond acceptors (Lipinski definition) is 5. The van der Waals surface area contributed by atoms with Gasteiger partial charge in [-0.15, -0.1) is 0 Å². The van der Waals surface area contributed by atoms with Crippen molar-refractivity contribution < 1.29 is 27.9 Å². The molecule has 0 aliphatic carbocycles. The van der Waals surface area contributed by atoms with E-state index in [-0.39, 0.29) is 15.0 Å². The molecule has 1 aliphatic heterocycles. The molecule has 150 valence electrons. The number of amides is 2. The molecular weight excluding hydrogens is 425 g/mol. The number of carbonyl (C=O) groups is 2. The van der Waals surface area contributed by atoms with Crippen LogP contribution in [0.5, 0.6) is 5.75 Å². The fraction of sp³-hybridized carbons (Fsp3) is 0.105. The summed E-state index contributed by atoms with van der Waals surface area (Å²) in [5, 5.41) is 11.7. The number of carbonyl (C=O) groups excluding carboxylic acids is 2. The van der Waals surface area contributed by atoms with Gasteiger partial charge in [-0.2, -0.15) is 13.2 Å². The van der Waals surface area contributed by atoms with Gasteiger partial charge >= 0.3 is 6.18 Å². The summed E-state index contributed by atoms with van der Waals surface area (Å²) in [6, 6.07) is 10.8. The molecular formula is C19H13F3N2O3S2.